The van der Waals surface area contributed by atoms with E-state index in [-0.39, 0.29) is 5.91 Å². The van der Waals surface area contributed by atoms with E-state index in [1.54, 1.807) is 11.8 Å². The second-order valence-corrected chi connectivity index (χ2v) is 6.24. The second kappa shape index (κ2) is 9.43. The molecule has 0 aliphatic rings. The standard InChI is InChI=1S/C15H22BrNOS/c1-3-4-12(9-10-16)11-17-15(18)13-5-7-14(19-2)8-6-13/h5-8,12H,3-4,9-11H2,1-2H3,(H,17,18). The quantitative estimate of drug-likeness (QED) is 0.561. The van der Waals surface area contributed by atoms with Gasteiger partial charge in [0.2, 0.25) is 0 Å². The van der Waals surface area contributed by atoms with Crippen LogP contribution in [-0.4, -0.2) is 24.0 Å². The van der Waals surface area contributed by atoms with Gasteiger partial charge in [-0.2, -0.15) is 0 Å². The minimum Gasteiger partial charge on any atom is -0.352 e. The van der Waals surface area contributed by atoms with Gasteiger partial charge in [0, 0.05) is 22.3 Å². The summed E-state index contributed by atoms with van der Waals surface area (Å²) in [6.07, 6.45) is 5.47. The molecule has 1 atom stereocenters. The highest BCUT2D eigenvalue weighted by molar-refractivity contribution is 9.09. The van der Waals surface area contributed by atoms with Gasteiger partial charge in [-0.3, -0.25) is 4.79 Å². The Hall–Kier alpha value is -0.480. The molecule has 0 aliphatic heterocycles. The number of thioether (sulfide) groups is 1. The zero-order valence-electron chi connectivity index (χ0n) is 11.6. The van der Waals surface area contributed by atoms with E-state index in [1.807, 2.05) is 30.5 Å². The Morgan fingerprint density at radius 1 is 1.32 bits per heavy atom. The molecule has 4 heteroatoms. The van der Waals surface area contributed by atoms with Crippen molar-refractivity contribution < 1.29 is 4.79 Å². The molecule has 1 unspecified atom stereocenters. The van der Waals surface area contributed by atoms with E-state index in [0.29, 0.717) is 5.92 Å². The van der Waals surface area contributed by atoms with Gasteiger partial charge in [-0.1, -0.05) is 29.3 Å². The van der Waals surface area contributed by atoms with Crippen LogP contribution >= 0.6 is 27.7 Å². The maximum Gasteiger partial charge on any atom is 0.251 e. The molecule has 19 heavy (non-hydrogen) atoms. The van der Waals surface area contributed by atoms with Crippen molar-refractivity contribution in [2.45, 2.75) is 31.1 Å². The fourth-order valence-corrected chi connectivity index (χ4v) is 3.05. The van der Waals surface area contributed by atoms with Crippen LogP contribution in [0, 0.1) is 5.92 Å². The minimum absolute atomic E-state index is 0.0309. The monoisotopic (exact) mass is 343 g/mol. The van der Waals surface area contributed by atoms with E-state index >= 15 is 0 Å². The number of carbonyl (C=O) groups is 1. The lowest BCUT2D eigenvalue weighted by Crippen LogP contribution is -2.29. The lowest BCUT2D eigenvalue weighted by molar-refractivity contribution is 0.0946. The Balaban J connectivity index is 2.48. The number of rotatable bonds is 8. The van der Waals surface area contributed by atoms with Gasteiger partial charge in [0.1, 0.15) is 0 Å². The summed E-state index contributed by atoms with van der Waals surface area (Å²) in [4.78, 5) is 13.2. The Kier molecular flexibility index (Phi) is 8.22. The van der Waals surface area contributed by atoms with Crippen LogP contribution in [0.3, 0.4) is 0 Å². The highest BCUT2D eigenvalue weighted by atomic mass is 79.9. The first-order chi connectivity index (χ1) is 9.21. The molecule has 1 amide bonds. The van der Waals surface area contributed by atoms with Crippen LogP contribution in [0.25, 0.3) is 0 Å². The fourth-order valence-electron chi connectivity index (χ4n) is 1.99. The molecule has 0 aliphatic carbocycles. The summed E-state index contributed by atoms with van der Waals surface area (Å²) in [5, 5.41) is 4.04. The van der Waals surface area contributed by atoms with Crippen LogP contribution in [0.4, 0.5) is 0 Å². The topological polar surface area (TPSA) is 29.1 Å². The van der Waals surface area contributed by atoms with E-state index < -0.39 is 0 Å². The molecule has 0 saturated heterocycles. The van der Waals surface area contributed by atoms with Crippen molar-refractivity contribution in [1.82, 2.24) is 5.32 Å². The number of amides is 1. The van der Waals surface area contributed by atoms with Crippen LogP contribution in [0.5, 0.6) is 0 Å². The van der Waals surface area contributed by atoms with E-state index in [4.69, 9.17) is 0 Å². The fraction of sp³-hybridized carbons (Fsp3) is 0.533. The number of hydrogen-bond acceptors (Lipinski definition) is 2. The van der Waals surface area contributed by atoms with Crippen molar-refractivity contribution in [2.24, 2.45) is 5.92 Å². The number of nitrogens with one attached hydrogen (secondary N) is 1. The summed E-state index contributed by atoms with van der Waals surface area (Å²) in [5.74, 6) is 0.599. The van der Waals surface area contributed by atoms with Crippen molar-refractivity contribution in [2.75, 3.05) is 18.1 Å². The maximum atomic E-state index is 12.0. The highest BCUT2D eigenvalue weighted by Gasteiger charge is 2.10. The molecular formula is C15H22BrNOS. The van der Waals surface area contributed by atoms with Crippen LogP contribution < -0.4 is 5.32 Å². The van der Waals surface area contributed by atoms with Gasteiger partial charge in [0.15, 0.2) is 0 Å². The van der Waals surface area contributed by atoms with Crippen LogP contribution in [0.1, 0.15) is 36.5 Å². The Labute approximate surface area is 128 Å². The Bertz CT molecular complexity index is 374. The molecule has 2 nitrogen and oxygen atoms in total. The van der Waals surface area contributed by atoms with Gasteiger partial charge in [-0.25, -0.2) is 0 Å². The Morgan fingerprint density at radius 3 is 2.53 bits per heavy atom. The number of benzene rings is 1. The second-order valence-electron chi connectivity index (χ2n) is 4.57. The van der Waals surface area contributed by atoms with Crippen LogP contribution in [0.2, 0.25) is 0 Å². The summed E-state index contributed by atoms with van der Waals surface area (Å²) in [6, 6.07) is 7.75. The summed E-state index contributed by atoms with van der Waals surface area (Å²) >= 11 is 5.16. The lowest BCUT2D eigenvalue weighted by Gasteiger charge is -2.15. The highest BCUT2D eigenvalue weighted by Crippen LogP contribution is 2.15. The first kappa shape index (κ1) is 16.6. The third kappa shape index (κ3) is 6.00. The van der Waals surface area contributed by atoms with E-state index in [2.05, 4.69) is 28.2 Å². The molecule has 1 aromatic carbocycles. The molecule has 0 fully saturated rings. The average Bonchev–Trinajstić information content (AvgIpc) is 2.45. The maximum absolute atomic E-state index is 12.0. The predicted molar refractivity (Wildman–Crippen MR) is 87.4 cm³/mol. The molecule has 1 N–H and O–H groups in total. The molecular weight excluding hydrogens is 322 g/mol. The first-order valence-corrected chi connectivity index (χ1v) is 9.04. The molecule has 0 radical (unpaired) electrons. The normalized spacial score (nSPS) is 12.2. The van der Waals surface area contributed by atoms with Crippen LogP contribution in [-0.2, 0) is 0 Å². The van der Waals surface area contributed by atoms with Gasteiger partial charge >= 0.3 is 0 Å². The summed E-state index contributed by atoms with van der Waals surface area (Å²) in [7, 11) is 0. The summed E-state index contributed by atoms with van der Waals surface area (Å²) in [6.45, 7) is 2.95. The van der Waals surface area contributed by atoms with Crippen molar-refractivity contribution in [3.05, 3.63) is 29.8 Å². The molecule has 0 heterocycles. The number of alkyl halides is 1. The molecule has 1 rings (SSSR count). The largest absolute Gasteiger partial charge is 0.352 e. The van der Waals surface area contributed by atoms with E-state index in [1.165, 1.54) is 4.90 Å². The molecule has 0 bridgehead atoms. The van der Waals surface area contributed by atoms with Gasteiger partial charge in [-0.05, 0) is 49.3 Å². The molecule has 0 aromatic heterocycles. The summed E-state index contributed by atoms with van der Waals surface area (Å²) in [5.41, 5.74) is 0.742. The molecule has 0 saturated carbocycles. The van der Waals surface area contributed by atoms with Gasteiger partial charge in [-0.15, -0.1) is 11.8 Å². The SMILES string of the molecule is CCCC(CCBr)CNC(=O)c1ccc(SC)cc1. The third-order valence-corrected chi connectivity index (χ3v) is 4.32. The lowest BCUT2D eigenvalue weighted by atomic mass is 10.0. The zero-order valence-corrected chi connectivity index (χ0v) is 14.0. The van der Waals surface area contributed by atoms with Crippen molar-refractivity contribution in [1.29, 1.82) is 0 Å². The van der Waals surface area contributed by atoms with Gasteiger partial charge < -0.3 is 5.32 Å². The van der Waals surface area contributed by atoms with Crippen LogP contribution in [0.15, 0.2) is 29.2 Å². The van der Waals surface area contributed by atoms with E-state index in [9.17, 15) is 4.79 Å². The third-order valence-electron chi connectivity index (χ3n) is 3.12. The first-order valence-electron chi connectivity index (χ1n) is 6.69. The van der Waals surface area contributed by atoms with E-state index in [0.717, 1.165) is 36.7 Å². The molecule has 1 aromatic rings. The number of halogens is 1. The Morgan fingerprint density at radius 2 is 2.00 bits per heavy atom. The number of hydrogen-bond donors (Lipinski definition) is 1. The predicted octanol–water partition coefficient (Wildman–Crippen LogP) is 4.34. The average molecular weight is 344 g/mol. The summed E-state index contributed by atoms with van der Waals surface area (Å²) < 4.78 is 0. The minimum atomic E-state index is 0.0309. The molecule has 0 spiro atoms. The molecule has 106 valence electrons. The number of carbonyl (C=O) groups excluding carboxylic acids is 1. The zero-order chi connectivity index (χ0) is 14.1. The van der Waals surface area contributed by atoms with Crippen molar-refractivity contribution in [3.63, 3.8) is 0 Å². The van der Waals surface area contributed by atoms with Crippen molar-refractivity contribution in [3.8, 4) is 0 Å². The van der Waals surface area contributed by atoms with Gasteiger partial charge in [0.05, 0.1) is 0 Å². The van der Waals surface area contributed by atoms with Crippen molar-refractivity contribution >= 4 is 33.6 Å². The van der Waals surface area contributed by atoms with Gasteiger partial charge in [0.25, 0.3) is 5.91 Å². The smallest absolute Gasteiger partial charge is 0.251 e.